The number of hydrogen-bond acceptors (Lipinski definition) is 6. The number of hydrogen-bond donors (Lipinski definition) is 6. The number of carbonyl (C=O) groups excluding carboxylic acids is 3. The number of para-hydroxylation sites is 2. The topological polar surface area (TPSA) is 148 Å². The van der Waals surface area contributed by atoms with Gasteiger partial charge in [-0.15, -0.1) is 0 Å². The van der Waals surface area contributed by atoms with Crippen molar-refractivity contribution in [2.45, 2.75) is 158 Å². The fourth-order valence-electron chi connectivity index (χ4n) is 14.8. The minimum Gasteiger partial charge on any atom is -0.508 e. The molecule has 6 N–H and O–H groups in total. The summed E-state index contributed by atoms with van der Waals surface area (Å²) < 4.78 is 41.9. The highest BCUT2D eigenvalue weighted by atomic mass is 79.9. The van der Waals surface area contributed by atoms with Crippen LogP contribution in [0.4, 0.5) is 30.2 Å². The minimum atomic E-state index is -4.55. The van der Waals surface area contributed by atoms with E-state index in [9.17, 15) is 42.9 Å². The summed E-state index contributed by atoms with van der Waals surface area (Å²) in [6.45, 7) is 1.96. The first kappa shape index (κ1) is 57.9. The number of nitrogens with one attached hydrogen (secondary N) is 3. The first-order valence-corrected chi connectivity index (χ1v) is 30.3. The van der Waals surface area contributed by atoms with E-state index in [0.29, 0.717) is 16.1 Å². The van der Waals surface area contributed by atoms with Crippen LogP contribution < -0.4 is 16.0 Å². The molecule has 6 aromatic rings. The Kier molecular flexibility index (Phi) is 17.3. The molecule has 0 bridgehead atoms. The number of amides is 3. The van der Waals surface area contributed by atoms with Crippen LogP contribution in [0, 0.1) is 24.7 Å². The summed E-state index contributed by atoms with van der Waals surface area (Å²) in [6.07, 6.45) is 17.2. The Bertz CT molecular complexity index is 3240. The Morgan fingerprint density at radius 1 is 0.444 bits per heavy atom. The van der Waals surface area contributed by atoms with Crippen LogP contribution in [0.2, 0.25) is 5.02 Å². The maximum atomic E-state index is 13.7. The number of phenolic OH excluding ortho intramolecular Hbond substituents is 3. The quantitative estimate of drug-likeness (QED) is 0.0915. The molecular formula is C67H72BrClF3N3O6. The Hall–Kier alpha value is -6.31. The molecule has 3 heterocycles. The monoisotopic (exact) mass is 1190 g/mol. The van der Waals surface area contributed by atoms with Crippen molar-refractivity contribution < 1.29 is 42.9 Å². The summed E-state index contributed by atoms with van der Waals surface area (Å²) in [7, 11) is 0. The maximum absolute atomic E-state index is 13.7. The van der Waals surface area contributed by atoms with Gasteiger partial charge in [-0.2, -0.15) is 13.2 Å². The van der Waals surface area contributed by atoms with Crippen LogP contribution in [0.25, 0.3) is 0 Å². The molecule has 6 aliphatic rings. The highest BCUT2D eigenvalue weighted by molar-refractivity contribution is 9.10. The average Bonchev–Trinajstić information content (AvgIpc) is 3.45. The highest BCUT2D eigenvalue weighted by Gasteiger charge is 2.57. The van der Waals surface area contributed by atoms with E-state index in [-0.39, 0.29) is 52.5 Å². The molecule has 3 amide bonds. The van der Waals surface area contributed by atoms with Crippen LogP contribution >= 0.6 is 27.5 Å². The van der Waals surface area contributed by atoms with Crippen LogP contribution in [0.3, 0.4) is 0 Å². The molecule has 6 aromatic carbocycles. The van der Waals surface area contributed by atoms with Gasteiger partial charge < -0.3 is 31.3 Å². The summed E-state index contributed by atoms with van der Waals surface area (Å²) in [4.78, 5) is 40.4. The van der Waals surface area contributed by atoms with Crippen molar-refractivity contribution in [3.05, 3.63) is 175 Å². The lowest BCUT2D eigenvalue weighted by Gasteiger charge is -2.38. The van der Waals surface area contributed by atoms with Crippen LogP contribution in [0.1, 0.15) is 173 Å². The van der Waals surface area contributed by atoms with Crippen molar-refractivity contribution in [2.24, 2.45) is 17.8 Å². The number of aromatic hydroxyl groups is 3. The van der Waals surface area contributed by atoms with E-state index < -0.39 is 33.9 Å². The number of halogens is 5. The standard InChI is InChI=1S/C23H26ClNO2.C23H24F3NO2.C21H22BrNO2/c1-15-9-14-19-21(20(15)24)25-22(27)23(19,17-10-12-18(26)13-11-17)16-7-5-3-2-4-6-8-16;24-23(25,26)19-10-6-9-18-20(19)27-21(29)22(18,16-11-13-17(28)14-12-16)15-7-4-2-1-3-5-8-15;22-18-9-5-8-17-19(18)23-20(25)21(17,14-6-3-1-2-4-7-14)15-10-12-16(24)13-11-15/h9-14,16,26H,2-8H2,1H3,(H,25,27);6,9-15,28H,1-5,7-8H2,(H,27,29);5,8-14,24H,1-4,6-7H2,(H,23,25). The summed E-state index contributed by atoms with van der Waals surface area (Å²) in [5.41, 5.74) is 4.10. The number of fused-ring (bicyclic) bond motifs is 3. The summed E-state index contributed by atoms with van der Waals surface area (Å²) in [5, 5.41) is 38.7. The first-order valence-electron chi connectivity index (χ1n) is 29.2. The van der Waals surface area contributed by atoms with Gasteiger partial charge in [0.1, 0.15) is 33.5 Å². The van der Waals surface area contributed by atoms with E-state index in [1.54, 1.807) is 42.5 Å². The van der Waals surface area contributed by atoms with E-state index in [2.05, 4.69) is 44.0 Å². The van der Waals surface area contributed by atoms with E-state index >= 15 is 0 Å². The van der Waals surface area contributed by atoms with Crippen LogP contribution in [-0.2, 0) is 36.8 Å². The third kappa shape index (κ3) is 10.8. The van der Waals surface area contributed by atoms with Gasteiger partial charge in [-0.05, 0) is 167 Å². The maximum Gasteiger partial charge on any atom is 0.418 e. The van der Waals surface area contributed by atoms with Gasteiger partial charge >= 0.3 is 6.18 Å². The number of benzene rings is 6. The number of anilines is 3. The van der Waals surface area contributed by atoms with Crippen molar-refractivity contribution in [2.75, 3.05) is 16.0 Å². The minimum absolute atomic E-state index is 0.0151. The molecule has 3 unspecified atom stereocenters. The van der Waals surface area contributed by atoms with Gasteiger partial charge in [-0.1, -0.05) is 174 Å². The molecule has 426 valence electrons. The van der Waals surface area contributed by atoms with Gasteiger partial charge in [-0.3, -0.25) is 14.4 Å². The van der Waals surface area contributed by atoms with Gasteiger partial charge in [0.15, 0.2) is 0 Å². The summed E-state index contributed by atoms with van der Waals surface area (Å²) in [5.74, 6) is 0.576. The average molecular weight is 1190 g/mol. The van der Waals surface area contributed by atoms with E-state index in [1.807, 2.05) is 49.4 Å². The zero-order chi connectivity index (χ0) is 57.1. The molecule has 14 heteroatoms. The Morgan fingerprint density at radius 2 is 0.765 bits per heavy atom. The van der Waals surface area contributed by atoms with Crippen molar-refractivity contribution in [1.82, 2.24) is 0 Å². The highest BCUT2D eigenvalue weighted by Crippen LogP contribution is 2.57. The van der Waals surface area contributed by atoms with E-state index in [0.717, 1.165) is 133 Å². The van der Waals surface area contributed by atoms with Crippen molar-refractivity contribution >= 4 is 62.3 Å². The van der Waals surface area contributed by atoms with E-state index in [1.165, 1.54) is 63.1 Å². The third-order valence-corrected chi connectivity index (χ3v) is 19.8. The lowest BCUT2D eigenvalue weighted by atomic mass is 9.63. The van der Waals surface area contributed by atoms with Crippen LogP contribution in [0.15, 0.2) is 126 Å². The van der Waals surface area contributed by atoms with Crippen LogP contribution in [-0.4, -0.2) is 33.0 Å². The third-order valence-electron chi connectivity index (χ3n) is 18.7. The molecule has 0 radical (unpaired) electrons. The smallest absolute Gasteiger partial charge is 0.418 e. The second kappa shape index (κ2) is 24.3. The molecule has 3 fully saturated rings. The van der Waals surface area contributed by atoms with Gasteiger partial charge in [0, 0.05) is 4.47 Å². The normalized spacial score (nSPS) is 23.5. The zero-order valence-electron chi connectivity index (χ0n) is 45.9. The van der Waals surface area contributed by atoms with Gasteiger partial charge in [0.05, 0.1) is 27.6 Å². The molecule has 81 heavy (non-hydrogen) atoms. The van der Waals surface area contributed by atoms with Gasteiger partial charge in [-0.25, -0.2) is 0 Å². The molecule has 3 atom stereocenters. The number of aryl methyl sites for hydroxylation is 1. The van der Waals surface area contributed by atoms with Crippen molar-refractivity contribution in [1.29, 1.82) is 0 Å². The molecule has 3 saturated carbocycles. The van der Waals surface area contributed by atoms with Gasteiger partial charge in [0.2, 0.25) is 17.7 Å². The SMILES string of the molecule is Cc1ccc2c(c1Cl)NC(=O)C2(c1ccc(O)cc1)C1CCCCCCC1.O=C1Nc2c(Br)cccc2C1(c1ccc(O)cc1)C1CCCCCC1.O=C1Nc2c(C(F)(F)F)cccc2C1(c1ccc(O)cc1)C1CCCCCCC1. The molecule has 0 spiro atoms. The molecule has 3 aliphatic carbocycles. The Labute approximate surface area is 486 Å². The molecule has 12 rings (SSSR count). The molecule has 0 saturated heterocycles. The number of rotatable bonds is 6. The largest absolute Gasteiger partial charge is 0.508 e. The lowest BCUT2D eigenvalue weighted by molar-refractivity contribution is -0.137. The number of phenols is 3. The predicted octanol–water partition coefficient (Wildman–Crippen LogP) is 17.3. The Morgan fingerprint density at radius 3 is 1.15 bits per heavy atom. The zero-order valence-corrected chi connectivity index (χ0v) is 48.2. The number of alkyl halides is 3. The van der Waals surface area contributed by atoms with E-state index in [4.69, 9.17) is 11.6 Å². The predicted molar refractivity (Wildman–Crippen MR) is 317 cm³/mol. The first-order chi connectivity index (χ1) is 39.0. The van der Waals surface area contributed by atoms with Crippen molar-refractivity contribution in [3.8, 4) is 17.2 Å². The Balaban J connectivity index is 0.000000137. The molecular weight excluding hydrogens is 1120 g/mol. The fraction of sp³-hybridized carbons (Fsp3) is 0.418. The van der Waals surface area contributed by atoms with Gasteiger partial charge in [0.25, 0.3) is 0 Å². The molecule has 0 aromatic heterocycles. The molecule has 9 nitrogen and oxygen atoms in total. The lowest BCUT2D eigenvalue weighted by Crippen LogP contribution is -2.43. The summed E-state index contributed by atoms with van der Waals surface area (Å²) >= 11 is 10.2. The molecule has 3 aliphatic heterocycles. The van der Waals surface area contributed by atoms with Crippen LogP contribution in [0.5, 0.6) is 17.2 Å². The fourth-order valence-corrected chi connectivity index (χ4v) is 15.5. The summed E-state index contributed by atoms with van der Waals surface area (Å²) in [6, 6.07) is 34.9. The van der Waals surface area contributed by atoms with Crippen molar-refractivity contribution in [3.63, 3.8) is 0 Å². The second-order valence-electron chi connectivity index (χ2n) is 23.2. The number of carbonyl (C=O) groups is 3. The second-order valence-corrected chi connectivity index (χ2v) is 24.4.